The van der Waals surface area contributed by atoms with Crippen molar-refractivity contribution in [3.8, 4) is 0 Å². The molecule has 0 aromatic heterocycles. The number of carbonyl (C=O) groups excluding carboxylic acids is 1. The van der Waals surface area contributed by atoms with Crippen molar-refractivity contribution in [2.75, 3.05) is 6.61 Å². The summed E-state index contributed by atoms with van der Waals surface area (Å²) in [4.78, 5) is 11.7. The number of rotatable bonds is 10. The van der Waals surface area contributed by atoms with Crippen molar-refractivity contribution in [1.29, 1.82) is 0 Å². The maximum Gasteiger partial charge on any atom is 0.305 e. The highest BCUT2D eigenvalue weighted by Crippen LogP contribution is 2.20. The number of halogens is 1. The second kappa shape index (κ2) is 10.4. The molecule has 0 aliphatic heterocycles. The van der Waals surface area contributed by atoms with E-state index in [9.17, 15) is 4.79 Å². The minimum absolute atomic E-state index is 0.0882. The summed E-state index contributed by atoms with van der Waals surface area (Å²) in [6, 6.07) is 21.7. The Kier molecular flexibility index (Phi) is 8.22. The van der Waals surface area contributed by atoms with E-state index in [2.05, 4.69) is 31.2 Å². The van der Waals surface area contributed by atoms with Gasteiger partial charge in [0.05, 0.1) is 6.61 Å². The second-order valence-electron chi connectivity index (χ2n) is 6.31. The van der Waals surface area contributed by atoms with E-state index in [1.165, 1.54) is 10.4 Å². The number of hydrogen-bond acceptors (Lipinski definition) is 2. The van der Waals surface area contributed by atoms with Gasteiger partial charge in [0.1, 0.15) is 0 Å². The van der Waals surface area contributed by atoms with Crippen molar-refractivity contribution in [2.24, 2.45) is 0 Å². The van der Waals surface area contributed by atoms with Crippen LogP contribution in [-0.2, 0) is 9.53 Å². The van der Waals surface area contributed by atoms with E-state index in [4.69, 9.17) is 15.8 Å². The normalized spacial score (nSPS) is 11.3. The lowest BCUT2D eigenvalue weighted by Gasteiger charge is -2.25. The third-order valence-corrected chi connectivity index (χ3v) is 9.79. The molecule has 4 heteroatoms. The van der Waals surface area contributed by atoms with Gasteiger partial charge in [-0.25, -0.2) is 0 Å². The van der Waals surface area contributed by atoms with Gasteiger partial charge in [-0.3, -0.25) is 4.79 Å². The molecule has 0 heterocycles. The Balaban J connectivity index is 1.96. The van der Waals surface area contributed by atoms with Crippen molar-refractivity contribution in [2.45, 2.75) is 45.1 Å². The maximum atomic E-state index is 11.7. The second-order valence-corrected chi connectivity index (χ2v) is 11.5. The quantitative estimate of drug-likeness (QED) is 0.265. The first-order chi connectivity index (χ1) is 12.2. The van der Waals surface area contributed by atoms with E-state index >= 15 is 0 Å². The Morgan fingerprint density at radius 3 is 2.00 bits per heavy atom. The van der Waals surface area contributed by atoms with Crippen LogP contribution >= 0.6 is 11.1 Å². The van der Waals surface area contributed by atoms with Gasteiger partial charge in [-0.15, -0.1) is 0 Å². The van der Waals surface area contributed by atoms with Gasteiger partial charge in [0.15, 0.2) is 0 Å². The summed E-state index contributed by atoms with van der Waals surface area (Å²) in [7, 11) is -2.28. The Morgan fingerprint density at radius 1 is 0.920 bits per heavy atom. The van der Waals surface area contributed by atoms with Gasteiger partial charge < -0.3 is 4.74 Å². The predicted octanol–water partition coefficient (Wildman–Crippen LogP) is 4.50. The zero-order valence-electron chi connectivity index (χ0n) is 14.9. The summed E-state index contributed by atoms with van der Waals surface area (Å²) in [6.07, 6.45) is 4.22. The van der Waals surface area contributed by atoms with Gasteiger partial charge in [0.25, 0.3) is 0 Å². The molecule has 0 aliphatic carbocycles. The number of esters is 1. The van der Waals surface area contributed by atoms with Crippen molar-refractivity contribution in [1.82, 2.24) is 0 Å². The molecule has 0 N–H and O–H groups in total. The third kappa shape index (κ3) is 6.01. The summed E-state index contributed by atoms with van der Waals surface area (Å²) in [5.41, 5.74) is 0. The highest BCUT2D eigenvalue weighted by atomic mass is 35.6. The van der Waals surface area contributed by atoms with Gasteiger partial charge in [-0.1, -0.05) is 80.4 Å². The third-order valence-electron chi connectivity index (χ3n) is 4.38. The van der Waals surface area contributed by atoms with Crippen LogP contribution in [0.3, 0.4) is 0 Å². The van der Waals surface area contributed by atoms with Crippen LogP contribution in [0.15, 0.2) is 60.7 Å². The van der Waals surface area contributed by atoms with Gasteiger partial charge in [0.2, 0.25) is 7.38 Å². The summed E-state index contributed by atoms with van der Waals surface area (Å²) in [5.74, 6) is -0.0882. The van der Waals surface area contributed by atoms with E-state index < -0.39 is 7.38 Å². The highest BCUT2D eigenvalue weighted by Gasteiger charge is 2.34. The Labute approximate surface area is 156 Å². The number of benzene rings is 2. The van der Waals surface area contributed by atoms with Gasteiger partial charge in [0, 0.05) is 6.42 Å². The molecule has 0 radical (unpaired) electrons. The average molecular weight is 375 g/mol. The van der Waals surface area contributed by atoms with Crippen LogP contribution in [0.2, 0.25) is 6.04 Å². The molecule has 0 unspecified atom stereocenters. The van der Waals surface area contributed by atoms with E-state index in [1.807, 2.05) is 36.4 Å². The van der Waals surface area contributed by atoms with Crippen LogP contribution < -0.4 is 10.4 Å². The first-order valence-corrected chi connectivity index (χ1v) is 12.3. The largest absolute Gasteiger partial charge is 0.466 e. The maximum absolute atomic E-state index is 11.7. The van der Waals surface area contributed by atoms with E-state index in [0.29, 0.717) is 13.0 Å². The molecule has 25 heavy (non-hydrogen) atoms. The first kappa shape index (κ1) is 19.7. The summed E-state index contributed by atoms with van der Waals surface area (Å²) in [5, 5.41) is 2.46. The molecule has 0 fully saturated rings. The number of hydrogen-bond donors (Lipinski definition) is 0. The van der Waals surface area contributed by atoms with Crippen LogP contribution in [0.4, 0.5) is 0 Å². The fourth-order valence-corrected chi connectivity index (χ4v) is 7.15. The van der Waals surface area contributed by atoms with Crippen LogP contribution in [0, 0.1) is 0 Å². The van der Waals surface area contributed by atoms with Gasteiger partial charge in [-0.2, -0.15) is 11.1 Å². The summed E-state index contributed by atoms with van der Waals surface area (Å²) in [6.45, 7) is 2.63. The molecule has 2 rings (SSSR count). The molecule has 2 nitrogen and oxygen atoms in total. The summed E-state index contributed by atoms with van der Waals surface area (Å²) >= 11 is 7.23. The van der Waals surface area contributed by atoms with Gasteiger partial charge in [-0.05, 0) is 29.3 Å². The lowest BCUT2D eigenvalue weighted by atomic mass is 10.2. The lowest BCUT2D eigenvalue weighted by molar-refractivity contribution is -0.143. The molecule has 2 aromatic rings. The molecular formula is C21H27ClO2Si. The van der Waals surface area contributed by atoms with Crippen molar-refractivity contribution in [3.63, 3.8) is 0 Å². The minimum Gasteiger partial charge on any atom is -0.466 e. The van der Waals surface area contributed by atoms with E-state index in [-0.39, 0.29) is 5.97 Å². The molecule has 0 saturated carbocycles. The van der Waals surface area contributed by atoms with Crippen LogP contribution in [0.25, 0.3) is 0 Å². The SMILES string of the molecule is CCCCOC(=O)CCCC[Si](Cl)(c1ccccc1)c1ccccc1. The van der Waals surface area contributed by atoms with Crippen LogP contribution in [0.1, 0.15) is 39.0 Å². The zero-order chi connectivity index (χ0) is 18.0. The molecule has 0 aliphatic rings. The molecule has 0 spiro atoms. The smallest absolute Gasteiger partial charge is 0.305 e. The van der Waals surface area contributed by atoms with E-state index in [1.54, 1.807) is 0 Å². The van der Waals surface area contributed by atoms with Crippen molar-refractivity contribution >= 4 is 34.8 Å². The molecule has 0 amide bonds. The highest BCUT2D eigenvalue weighted by molar-refractivity contribution is 7.34. The molecule has 134 valence electrons. The molecule has 0 atom stereocenters. The average Bonchev–Trinajstić information content (AvgIpc) is 2.67. The van der Waals surface area contributed by atoms with Crippen LogP contribution in [0.5, 0.6) is 0 Å². The molecular weight excluding hydrogens is 348 g/mol. The lowest BCUT2D eigenvalue weighted by Crippen LogP contribution is -2.53. The monoisotopic (exact) mass is 374 g/mol. The number of carbonyl (C=O) groups is 1. The molecule has 2 aromatic carbocycles. The van der Waals surface area contributed by atoms with E-state index in [0.717, 1.165) is 31.7 Å². The number of ether oxygens (including phenoxy) is 1. The Hall–Kier alpha value is -1.58. The fraction of sp³-hybridized carbons (Fsp3) is 0.381. The minimum atomic E-state index is -2.28. The summed E-state index contributed by atoms with van der Waals surface area (Å²) < 4.78 is 5.22. The standard InChI is InChI=1S/C21H27ClO2Si/c1-2-3-17-24-21(23)16-10-11-18-25(22,19-12-6-4-7-13-19)20-14-8-5-9-15-20/h4-9,12-15H,2-3,10-11,16-18H2,1H3. The Morgan fingerprint density at radius 2 is 1.48 bits per heavy atom. The van der Waals surface area contributed by atoms with Gasteiger partial charge >= 0.3 is 5.97 Å². The van der Waals surface area contributed by atoms with Crippen molar-refractivity contribution < 1.29 is 9.53 Å². The topological polar surface area (TPSA) is 26.3 Å². The molecule has 0 bridgehead atoms. The molecule has 0 saturated heterocycles. The van der Waals surface area contributed by atoms with Crippen molar-refractivity contribution in [3.05, 3.63) is 60.7 Å². The zero-order valence-corrected chi connectivity index (χ0v) is 16.7. The number of unbranched alkanes of at least 4 members (excludes halogenated alkanes) is 2. The fourth-order valence-electron chi connectivity index (χ4n) is 2.90. The predicted molar refractivity (Wildman–Crippen MR) is 108 cm³/mol. The Bertz CT molecular complexity index is 591. The van der Waals surface area contributed by atoms with Crippen LogP contribution in [-0.4, -0.2) is 20.0 Å². The first-order valence-electron chi connectivity index (χ1n) is 9.12.